The Morgan fingerprint density at radius 3 is 2.76 bits per heavy atom. The molecule has 0 unspecified atom stereocenters. The molecule has 0 spiro atoms. The fourth-order valence-corrected chi connectivity index (χ4v) is 2.94. The van der Waals surface area contributed by atoms with Gasteiger partial charge >= 0.3 is 5.97 Å². The van der Waals surface area contributed by atoms with E-state index in [0.717, 1.165) is 36.7 Å². The first-order valence-corrected chi connectivity index (χ1v) is 8.50. The normalized spacial score (nSPS) is 17.2. The second kappa shape index (κ2) is 7.88. The van der Waals surface area contributed by atoms with E-state index in [9.17, 15) is 4.79 Å². The van der Waals surface area contributed by atoms with Crippen molar-refractivity contribution in [2.75, 3.05) is 24.6 Å². The lowest BCUT2D eigenvalue weighted by atomic mass is 10.1. The highest BCUT2D eigenvalue weighted by molar-refractivity contribution is 5.87. The van der Waals surface area contributed by atoms with Crippen LogP contribution in [0.5, 0.6) is 11.5 Å². The molecule has 1 saturated heterocycles. The second-order valence-corrected chi connectivity index (χ2v) is 5.92. The fraction of sp³-hybridized carbons (Fsp3) is 0.368. The highest BCUT2D eigenvalue weighted by Gasteiger charge is 2.23. The summed E-state index contributed by atoms with van der Waals surface area (Å²) in [5.41, 5.74) is 0.194. The van der Waals surface area contributed by atoms with Crippen molar-refractivity contribution >= 4 is 11.8 Å². The molecule has 1 aliphatic rings. The number of anilines is 1. The minimum absolute atomic E-state index is 0.0382. The van der Waals surface area contributed by atoms with Gasteiger partial charge in [-0.2, -0.15) is 0 Å². The van der Waals surface area contributed by atoms with E-state index < -0.39 is 5.97 Å². The summed E-state index contributed by atoms with van der Waals surface area (Å²) in [5, 5.41) is 8.98. The van der Waals surface area contributed by atoms with Gasteiger partial charge in [0, 0.05) is 12.7 Å². The molecule has 0 amide bonds. The Hall–Kier alpha value is -2.76. The highest BCUT2D eigenvalue weighted by Crippen LogP contribution is 2.29. The van der Waals surface area contributed by atoms with Gasteiger partial charge in [-0.1, -0.05) is 12.1 Å². The maximum absolute atomic E-state index is 10.9. The van der Waals surface area contributed by atoms with Gasteiger partial charge in [-0.05, 0) is 44.0 Å². The lowest BCUT2D eigenvalue weighted by Gasteiger charge is -2.34. The number of nitrogens with zero attached hydrogens (tertiary/aromatic N) is 2. The summed E-state index contributed by atoms with van der Waals surface area (Å²) in [7, 11) is 0. The van der Waals surface area contributed by atoms with Crippen LogP contribution in [0.1, 0.15) is 30.1 Å². The lowest BCUT2D eigenvalue weighted by Crippen LogP contribution is -2.41. The maximum atomic E-state index is 10.9. The van der Waals surface area contributed by atoms with Gasteiger partial charge in [0.25, 0.3) is 0 Å². The molecule has 2 aromatic rings. The number of ether oxygens (including phenoxy) is 2. The van der Waals surface area contributed by atoms with E-state index in [-0.39, 0.29) is 11.7 Å². The van der Waals surface area contributed by atoms with Crippen LogP contribution in [-0.2, 0) is 0 Å². The van der Waals surface area contributed by atoms with Crippen LogP contribution in [0, 0.1) is 0 Å². The Balaban J connectivity index is 1.68. The van der Waals surface area contributed by atoms with E-state index in [0.29, 0.717) is 13.2 Å². The minimum Gasteiger partial charge on any atom is -0.490 e. The number of carboxylic acids is 1. The number of hydrogen-bond acceptors (Lipinski definition) is 5. The van der Waals surface area contributed by atoms with Crippen LogP contribution in [0.4, 0.5) is 5.82 Å². The third kappa shape index (κ3) is 4.21. The van der Waals surface area contributed by atoms with Crippen molar-refractivity contribution < 1.29 is 19.4 Å². The van der Waals surface area contributed by atoms with E-state index >= 15 is 0 Å². The molecule has 1 N–H and O–H groups in total. The summed E-state index contributed by atoms with van der Waals surface area (Å²) in [6.07, 6.45) is 3.39. The molecule has 2 heterocycles. The van der Waals surface area contributed by atoms with Gasteiger partial charge in [-0.3, -0.25) is 0 Å². The first-order valence-electron chi connectivity index (χ1n) is 8.50. The molecule has 0 radical (unpaired) electrons. The third-order valence-electron chi connectivity index (χ3n) is 4.14. The maximum Gasteiger partial charge on any atom is 0.337 e. The van der Waals surface area contributed by atoms with Gasteiger partial charge in [-0.15, -0.1) is 0 Å². The Bertz CT molecular complexity index is 718. The largest absolute Gasteiger partial charge is 0.490 e. The zero-order valence-corrected chi connectivity index (χ0v) is 14.2. The van der Waals surface area contributed by atoms with Crippen LogP contribution in [0.3, 0.4) is 0 Å². The first-order chi connectivity index (χ1) is 12.2. The molecule has 1 aromatic heterocycles. The van der Waals surface area contributed by atoms with Gasteiger partial charge in [0.15, 0.2) is 11.5 Å². The van der Waals surface area contributed by atoms with Crippen LogP contribution in [-0.4, -0.2) is 41.9 Å². The second-order valence-electron chi connectivity index (χ2n) is 5.92. The van der Waals surface area contributed by atoms with E-state index in [2.05, 4.69) is 9.88 Å². The van der Waals surface area contributed by atoms with E-state index in [4.69, 9.17) is 14.6 Å². The molecule has 132 valence electrons. The number of aromatic nitrogens is 1. The molecule has 1 aromatic carbocycles. The number of carboxylic acid groups (broad SMARTS) is 1. The van der Waals surface area contributed by atoms with Crippen molar-refractivity contribution in [1.82, 2.24) is 4.98 Å². The van der Waals surface area contributed by atoms with Crippen LogP contribution < -0.4 is 14.4 Å². The van der Waals surface area contributed by atoms with Gasteiger partial charge in [-0.25, -0.2) is 9.78 Å². The average molecular weight is 342 g/mol. The van der Waals surface area contributed by atoms with Crippen molar-refractivity contribution in [1.29, 1.82) is 0 Å². The first kappa shape index (κ1) is 17.1. The molecule has 1 fully saturated rings. The molecule has 1 atom stereocenters. The van der Waals surface area contributed by atoms with Gasteiger partial charge in [0.2, 0.25) is 0 Å². The Morgan fingerprint density at radius 1 is 1.28 bits per heavy atom. The summed E-state index contributed by atoms with van der Waals surface area (Å²) >= 11 is 0. The van der Waals surface area contributed by atoms with Crippen LogP contribution in [0.2, 0.25) is 0 Å². The van der Waals surface area contributed by atoms with Crippen molar-refractivity contribution in [3.8, 4) is 11.5 Å². The zero-order chi connectivity index (χ0) is 17.6. The number of para-hydroxylation sites is 2. The summed E-state index contributed by atoms with van der Waals surface area (Å²) in [5.74, 6) is 1.32. The quantitative estimate of drug-likeness (QED) is 0.869. The summed E-state index contributed by atoms with van der Waals surface area (Å²) in [6, 6.07) is 11.0. The lowest BCUT2D eigenvalue weighted by molar-refractivity contribution is 0.0696. The Morgan fingerprint density at radius 2 is 2.08 bits per heavy atom. The zero-order valence-electron chi connectivity index (χ0n) is 14.2. The number of piperidine rings is 1. The number of carbonyl (C=O) groups is 1. The molecule has 6 heteroatoms. The van der Waals surface area contributed by atoms with Crippen LogP contribution >= 0.6 is 0 Å². The Labute approximate surface area is 147 Å². The van der Waals surface area contributed by atoms with Crippen molar-refractivity contribution in [3.63, 3.8) is 0 Å². The Kier molecular flexibility index (Phi) is 5.38. The average Bonchev–Trinajstić information content (AvgIpc) is 2.64. The smallest absolute Gasteiger partial charge is 0.337 e. The number of pyridine rings is 1. The monoisotopic (exact) mass is 342 g/mol. The molecule has 6 nitrogen and oxygen atoms in total. The molecule has 0 saturated carbocycles. The molecule has 1 aliphatic heterocycles. The molecular weight excluding hydrogens is 320 g/mol. The predicted molar refractivity (Wildman–Crippen MR) is 94.7 cm³/mol. The number of hydrogen-bond donors (Lipinski definition) is 1. The van der Waals surface area contributed by atoms with Gasteiger partial charge in [0.05, 0.1) is 18.7 Å². The molecular formula is C19H22N2O4. The SMILES string of the molecule is CCOc1ccccc1O[C@@H]1CCCN(c2ccc(C(=O)O)cn2)C1. The summed E-state index contributed by atoms with van der Waals surface area (Å²) in [4.78, 5) is 17.3. The molecule has 0 aliphatic carbocycles. The van der Waals surface area contributed by atoms with E-state index in [1.54, 1.807) is 12.1 Å². The topological polar surface area (TPSA) is 71.9 Å². The predicted octanol–water partition coefficient (Wildman–Crippen LogP) is 3.23. The van der Waals surface area contributed by atoms with E-state index in [1.807, 2.05) is 31.2 Å². The van der Waals surface area contributed by atoms with Gasteiger partial charge < -0.3 is 19.5 Å². The number of aromatic carboxylic acids is 1. The minimum atomic E-state index is -0.966. The van der Waals surface area contributed by atoms with E-state index in [1.165, 1.54) is 6.20 Å². The molecule has 0 bridgehead atoms. The molecule has 25 heavy (non-hydrogen) atoms. The number of rotatable bonds is 6. The molecule has 3 rings (SSSR count). The summed E-state index contributed by atoms with van der Waals surface area (Å²) in [6.45, 7) is 4.13. The van der Waals surface area contributed by atoms with Crippen molar-refractivity contribution in [3.05, 3.63) is 48.2 Å². The highest BCUT2D eigenvalue weighted by atomic mass is 16.5. The van der Waals surface area contributed by atoms with Gasteiger partial charge in [0.1, 0.15) is 11.9 Å². The fourth-order valence-electron chi connectivity index (χ4n) is 2.94. The summed E-state index contributed by atoms with van der Waals surface area (Å²) < 4.78 is 11.8. The van der Waals surface area contributed by atoms with Crippen LogP contribution in [0.25, 0.3) is 0 Å². The van der Waals surface area contributed by atoms with Crippen molar-refractivity contribution in [2.45, 2.75) is 25.9 Å². The third-order valence-corrected chi connectivity index (χ3v) is 4.14. The van der Waals surface area contributed by atoms with Crippen molar-refractivity contribution in [2.24, 2.45) is 0 Å². The van der Waals surface area contributed by atoms with Crippen LogP contribution in [0.15, 0.2) is 42.6 Å². The number of benzene rings is 1. The standard InChI is InChI=1S/C19H22N2O4/c1-2-24-16-7-3-4-8-17(16)25-15-6-5-11-21(13-15)18-10-9-14(12-20-18)19(22)23/h3-4,7-10,12,15H,2,5-6,11,13H2,1H3,(H,22,23)/t15-/m1/s1.